The molecular weight excluding hydrogens is 893 g/mol. The molecule has 64 heavy (non-hydrogen) atoms. The SMILES string of the molecule is CC1(C)CCC(CNCCNc2ccc(C(=O)NS(=O)(=O)c3ccc(NCCN4CCOCC4)c(S(=O)(=O)C(F)(F)F)c3)c(Oc3ccc4[nH]ccc4c3)c2)=C(c2ccc(Cl)cc2)C1. The first kappa shape index (κ1) is 46.9. The monoisotopic (exact) mass is 942 g/mol. The van der Waals surface area contributed by atoms with Gasteiger partial charge >= 0.3 is 5.51 Å². The Morgan fingerprint density at radius 1 is 0.906 bits per heavy atom. The average Bonchev–Trinajstić information content (AvgIpc) is 3.72. The lowest BCUT2D eigenvalue weighted by atomic mass is 9.72. The van der Waals surface area contributed by atoms with E-state index in [0.29, 0.717) is 75.0 Å². The Balaban J connectivity index is 1.08. The second-order valence-electron chi connectivity index (χ2n) is 16.5. The van der Waals surface area contributed by atoms with Crippen molar-refractivity contribution in [2.45, 2.75) is 48.4 Å². The van der Waals surface area contributed by atoms with Gasteiger partial charge in [0.1, 0.15) is 16.4 Å². The highest BCUT2D eigenvalue weighted by Crippen LogP contribution is 2.43. The number of ether oxygens (including phenoxy) is 2. The van der Waals surface area contributed by atoms with E-state index in [4.69, 9.17) is 21.1 Å². The molecule has 1 aliphatic heterocycles. The van der Waals surface area contributed by atoms with Crippen LogP contribution in [0.1, 0.15) is 49.0 Å². The lowest BCUT2D eigenvalue weighted by Gasteiger charge is -2.34. The first-order valence-corrected chi connectivity index (χ1v) is 24.1. The number of rotatable bonds is 17. The van der Waals surface area contributed by atoms with E-state index in [1.165, 1.54) is 17.2 Å². The summed E-state index contributed by atoms with van der Waals surface area (Å²) in [6.07, 6.45) is 4.74. The van der Waals surface area contributed by atoms with Crippen LogP contribution in [0.2, 0.25) is 5.02 Å². The zero-order valence-electron chi connectivity index (χ0n) is 35.3. The normalized spacial score (nSPS) is 16.2. The first-order chi connectivity index (χ1) is 30.4. The van der Waals surface area contributed by atoms with Gasteiger partial charge in [-0.3, -0.25) is 9.69 Å². The molecule has 1 saturated heterocycles. The van der Waals surface area contributed by atoms with Crippen molar-refractivity contribution in [3.05, 3.63) is 113 Å². The number of carbonyl (C=O) groups excluding carboxylic acids is 1. The van der Waals surface area contributed by atoms with Gasteiger partial charge in [-0.15, -0.1) is 0 Å². The number of nitrogens with one attached hydrogen (secondary N) is 5. The number of aromatic amines is 1. The molecule has 1 aliphatic carbocycles. The fourth-order valence-corrected chi connectivity index (χ4v) is 9.87. The van der Waals surface area contributed by atoms with Gasteiger partial charge in [0.05, 0.1) is 29.4 Å². The Bertz CT molecular complexity index is 2740. The molecule has 7 rings (SSSR count). The van der Waals surface area contributed by atoms with E-state index < -0.39 is 46.8 Å². The summed E-state index contributed by atoms with van der Waals surface area (Å²) in [5.41, 5.74) is -1.02. The molecule has 19 heteroatoms. The number of amides is 1. The van der Waals surface area contributed by atoms with E-state index in [-0.39, 0.29) is 23.3 Å². The maximum atomic E-state index is 13.9. The van der Waals surface area contributed by atoms with E-state index in [2.05, 4.69) is 46.9 Å². The third-order valence-corrected chi connectivity index (χ3v) is 14.4. The molecule has 2 aliphatic rings. The zero-order chi connectivity index (χ0) is 45.7. The fourth-order valence-electron chi connectivity index (χ4n) is 7.72. The summed E-state index contributed by atoms with van der Waals surface area (Å²) in [5, 5.41) is 11.0. The molecule has 4 aromatic carbocycles. The van der Waals surface area contributed by atoms with Gasteiger partial charge in [0.25, 0.3) is 25.8 Å². The predicted molar refractivity (Wildman–Crippen MR) is 242 cm³/mol. The Kier molecular flexibility index (Phi) is 14.3. The van der Waals surface area contributed by atoms with Crippen LogP contribution in [0, 0.1) is 5.41 Å². The summed E-state index contributed by atoms with van der Waals surface area (Å²) < 4.78 is 108. The van der Waals surface area contributed by atoms with Crippen LogP contribution in [0.25, 0.3) is 16.5 Å². The van der Waals surface area contributed by atoms with E-state index in [1.807, 2.05) is 27.8 Å². The van der Waals surface area contributed by atoms with Gasteiger partial charge in [-0.25, -0.2) is 21.6 Å². The molecule has 0 saturated carbocycles. The Labute approximate surface area is 375 Å². The zero-order valence-corrected chi connectivity index (χ0v) is 37.7. The number of H-pyrrole nitrogens is 1. The van der Waals surface area contributed by atoms with Gasteiger partial charge < -0.3 is 30.4 Å². The van der Waals surface area contributed by atoms with E-state index >= 15 is 0 Å². The van der Waals surface area contributed by atoms with Crippen LogP contribution in [0.3, 0.4) is 0 Å². The van der Waals surface area contributed by atoms with Crippen LogP contribution in [0.4, 0.5) is 24.5 Å². The molecule has 1 fully saturated rings. The van der Waals surface area contributed by atoms with Gasteiger partial charge in [0.15, 0.2) is 0 Å². The van der Waals surface area contributed by atoms with E-state index in [9.17, 15) is 34.8 Å². The topological polar surface area (TPSA) is 171 Å². The van der Waals surface area contributed by atoms with Crippen molar-refractivity contribution in [2.75, 3.05) is 69.7 Å². The molecule has 0 atom stereocenters. The number of sulfonamides is 1. The minimum absolute atomic E-state index is 0.0247. The molecule has 0 bridgehead atoms. The Hall–Kier alpha value is -5.11. The summed E-state index contributed by atoms with van der Waals surface area (Å²) in [7, 11) is -11.0. The maximum absolute atomic E-state index is 13.9. The van der Waals surface area contributed by atoms with Crippen LogP contribution in [-0.2, 0) is 24.6 Å². The molecule has 1 amide bonds. The van der Waals surface area contributed by atoms with Crippen molar-refractivity contribution in [2.24, 2.45) is 5.41 Å². The molecule has 2 heterocycles. The summed E-state index contributed by atoms with van der Waals surface area (Å²) in [4.78, 5) is 16.7. The van der Waals surface area contributed by atoms with Crippen molar-refractivity contribution in [1.29, 1.82) is 0 Å². The summed E-state index contributed by atoms with van der Waals surface area (Å²) in [6, 6.07) is 21.6. The van der Waals surface area contributed by atoms with Crippen LogP contribution < -0.4 is 25.4 Å². The Morgan fingerprint density at radius 3 is 2.42 bits per heavy atom. The van der Waals surface area contributed by atoms with E-state index in [0.717, 1.165) is 47.9 Å². The highest BCUT2D eigenvalue weighted by molar-refractivity contribution is 7.92. The minimum Gasteiger partial charge on any atom is -0.456 e. The molecule has 1 aromatic heterocycles. The van der Waals surface area contributed by atoms with Crippen molar-refractivity contribution in [3.63, 3.8) is 0 Å². The van der Waals surface area contributed by atoms with Crippen LogP contribution in [0.5, 0.6) is 11.5 Å². The lowest BCUT2D eigenvalue weighted by molar-refractivity contribution is -0.0435. The number of benzene rings is 4. The van der Waals surface area contributed by atoms with Crippen molar-refractivity contribution in [1.82, 2.24) is 19.9 Å². The number of allylic oxidation sites excluding steroid dienone is 1. The quantitative estimate of drug-likeness (QED) is 0.0567. The Morgan fingerprint density at radius 2 is 1.67 bits per heavy atom. The molecular formula is C45H50ClF3N6O7S2. The molecule has 0 radical (unpaired) electrons. The minimum atomic E-state index is -6.03. The summed E-state index contributed by atoms with van der Waals surface area (Å²) in [6.45, 7) is 8.86. The molecule has 0 unspecified atom stereocenters. The number of aromatic nitrogens is 1. The van der Waals surface area contributed by atoms with Crippen molar-refractivity contribution < 1.29 is 44.3 Å². The summed E-state index contributed by atoms with van der Waals surface area (Å²) >= 11 is 6.17. The van der Waals surface area contributed by atoms with Gasteiger partial charge in [-0.05, 0) is 103 Å². The molecule has 13 nitrogen and oxygen atoms in total. The number of morpholine rings is 1. The number of hydrogen-bond donors (Lipinski definition) is 5. The third-order valence-electron chi connectivity index (χ3n) is 11.3. The number of halogens is 4. The standard InChI is InChI=1S/C45H50ClF3N6O7S2/c1-44(2)15-13-32(38(28-44)30-3-5-33(46)6-4-30)29-50-17-18-51-34-7-10-37(41(26-34)62-35-8-11-39-31(25-35)14-16-52-39)43(56)54-64(59,60)36-9-12-40(42(27-36)63(57,58)45(47,48)49)53-19-20-55-21-23-61-24-22-55/h3-12,14,16,25-27,50-53H,13,15,17-24,28-29H2,1-2H3,(H,54,56). The number of alkyl halides is 3. The fraction of sp³-hybridized carbons (Fsp3) is 0.356. The van der Waals surface area contributed by atoms with Crippen molar-refractivity contribution >= 4 is 65.2 Å². The van der Waals surface area contributed by atoms with Gasteiger partial charge in [-0.1, -0.05) is 43.2 Å². The van der Waals surface area contributed by atoms with Gasteiger partial charge in [0.2, 0.25) is 0 Å². The average molecular weight is 944 g/mol. The highest BCUT2D eigenvalue weighted by Gasteiger charge is 2.48. The van der Waals surface area contributed by atoms with Gasteiger partial charge in [0, 0.05) is 79.7 Å². The smallest absolute Gasteiger partial charge is 0.456 e. The molecule has 5 aromatic rings. The molecule has 5 N–H and O–H groups in total. The second kappa shape index (κ2) is 19.6. The first-order valence-electron chi connectivity index (χ1n) is 20.8. The van der Waals surface area contributed by atoms with E-state index in [1.54, 1.807) is 36.5 Å². The lowest BCUT2D eigenvalue weighted by Crippen LogP contribution is -2.39. The summed E-state index contributed by atoms with van der Waals surface area (Å²) in [5.74, 6) is -0.857. The number of carbonyl (C=O) groups is 1. The second-order valence-corrected chi connectivity index (χ2v) is 20.5. The number of nitrogens with zero attached hydrogens (tertiary/aromatic N) is 1. The predicted octanol–water partition coefficient (Wildman–Crippen LogP) is 8.44. The van der Waals surface area contributed by atoms with Crippen molar-refractivity contribution in [3.8, 4) is 11.5 Å². The number of hydrogen-bond acceptors (Lipinski definition) is 11. The molecule has 342 valence electrons. The largest absolute Gasteiger partial charge is 0.501 e. The number of anilines is 2. The number of sulfone groups is 1. The maximum Gasteiger partial charge on any atom is 0.501 e. The highest BCUT2D eigenvalue weighted by atomic mass is 35.5. The third kappa shape index (κ3) is 11.4. The number of fused-ring (bicyclic) bond motifs is 1. The van der Waals surface area contributed by atoms with Crippen LogP contribution >= 0.6 is 11.6 Å². The van der Waals surface area contributed by atoms with Crippen LogP contribution in [0.15, 0.2) is 106 Å². The van der Waals surface area contributed by atoms with Crippen LogP contribution in [-0.4, -0.2) is 97.2 Å². The van der Waals surface area contributed by atoms with Gasteiger partial charge in [-0.2, -0.15) is 13.2 Å². The molecule has 0 spiro atoms.